The number of hydrogen-bond acceptors (Lipinski definition) is 3. The molecule has 0 spiro atoms. The Morgan fingerprint density at radius 3 is 3.12 bits per heavy atom. The van der Waals surface area contributed by atoms with Crippen molar-refractivity contribution >= 4 is 23.0 Å². The van der Waals surface area contributed by atoms with Gasteiger partial charge in [0.05, 0.1) is 17.0 Å². The zero-order valence-electron chi connectivity index (χ0n) is 9.10. The van der Waals surface area contributed by atoms with E-state index in [0.717, 1.165) is 17.0 Å². The Balaban J connectivity index is 2.05. The number of aromatic nitrogens is 2. The number of pyridine rings is 1. The summed E-state index contributed by atoms with van der Waals surface area (Å²) >= 11 is 2.02. The van der Waals surface area contributed by atoms with Crippen LogP contribution in [0.4, 0.5) is 5.69 Å². The summed E-state index contributed by atoms with van der Waals surface area (Å²) in [6.07, 6.45) is 7.80. The molecular weight excluding hydrogens is 218 g/mol. The molecule has 1 fully saturated rings. The van der Waals surface area contributed by atoms with Crippen molar-refractivity contribution in [1.82, 2.24) is 9.38 Å². The third kappa shape index (κ3) is 1.67. The van der Waals surface area contributed by atoms with Gasteiger partial charge in [-0.25, -0.2) is 4.98 Å². The van der Waals surface area contributed by atoms with Crippen LogP contribution in [-0.4, -0.2) is 15.1 Å². The van der Waals surface area contributed by atoms with Gasteiger partial charge in [-0.2, -0.15) is 11.8 Å². The lowest BCUT2D eigenvalue weighted by Crippen LogP contribution is -2.06. The first-order chi connectivity index (χ1) is 7.84. The van der Waals surface area contributed by atoms with Gasteiger partial charge in [-0.05, 0) is 30.7 Å². The van der Waals surface area contributed by atoms with Crippen molar-refractivity contribution in [2.75, 3.05) is 11.5 Å². The van der Waals surface area contributed by atoms with E-state index in [1.165, 1.54) is 25.0 Å². The molecule has 2 aromatic rings. The number of nitrogens with two attached hydrogens (primary N) is 1. The Kier molecular flexibility index (Phi) is 2.52. The molecule has 84 valence electrons. The minimum atomic E-state index is 0.540. The average Bonchev–Trinajstić information content (AvgIpc) is 2.73. The Labute approximate surface area is 99.1 Å². The molecule has 0 aromatic carbocycles. The van der Waals surface area contributed by atoms with E-state index in [1.54, 1.807) is 0 Å². The second kappa shape index (κ2) is 4.01. The van der Waals surface area contributed by atoms with Gasteiger partial charge in [0.1, 0.15) is 5.82 Å². The fraction of sp³-hybridized carbons (Fsp3) is 0.417. The molecule has 1 aliphatic rings. The molecular formula is C12H15N3S. The van der Waals surface area contributed by atoms with Crippen LogP contribution in [0.25, 0.3) is 5.52 Å². The molecule has 0 amide bonds. The number of imidazole rings is 1. The standard InChI is InChI=1S/C12H15N3S/c13-9-4-5-10-7-14-12(15(10)8-9)11-3-1-2-6-16-11/h4-5,7-8,11H,1-3,6,13H2. The van der Waals surface area contributed by atoms with Crippen LogP contribution in [0, 0.1) is 0 Å². The number of fused-ring (bicyclic) bond motifs is 1. The molecule has 4 heteroatoms. The molecule has 0 bridgehead atoms. The normalized spacial score (nSPS) is 21.4. The third-order valence-corrected chi connectivity index (χ3v) is 4.42. The molecule has 1 atom stereocenters. The number of nitrogen functional groups attached to an aromatic ring is 1. The SMILES string of the molecule is Nc1ccc2cnc(C3CCCCS3)n2c1. The molecule has 0 radical (unpaired) electrons. The van der Waals surface area contributed by atoms with Crippen molar-refractivity contribution in [3.8, 4) is 0 Å². The van der Waals surface area contributed by atoms with Gasteiger partial charge in [-0.15, -0.1) is 0 Å². The zero-order chi connectivity index (χ0) is 11.0. The molecule has 3 rings (SSSR count). The number of anilines is 1. The summed E-state index contributed by atoms with van der Waals surface area (Å²) in [6, 6.07) is 3.95. The molecule has 1 aliphatic heterocycles. The maximum atomic E-state index is 5.83. The highest BCUT2D eigenvalue weighted by Gasteiger charge is 2.20. The molecule has 16 heavy (non-hydrogen) atoms. The van der Waals surface area contributed by atoms with Gasteiger partial charge in [-0.3, -0.25) is 0 Å². The molecule has 0 saturated carbocycles. The summed E-state index contributed by atoms with van der Waals surface area (Å²) in [5.74, 6) is 2.41. The number of hydrogen-bond donors (Lipinski definition) is 1. The van der Waals surface area contributed by atoms with E-state index in [-0.39, 0.29) is 0 Å². The quantitative estimate of drug-likeness (QED) is 0.823. The van der Waals surface area contributed by atoms with Crippen molar-refractivity contribution < 1.29 is 0 Å². The van der Waals surface area contributed by atoms with E-state index in [9.17, 15) is 0 Å². The molecule has 2 N–H and O–H groups in total. The Hall–Kier alpha value is -1.16. The summed E-state index contributed by atoms with van der Waals surface area (Å²) in [4.78, 5) is 4.55. The van der Waals surface area contributed by atoms with Gasteiger partial charge < -0.3 is 10.1 Å². The van der Waals surface area contributed by atoms with Gasteiger partial charge >= 0.3 is 0 Å². The highest BCUT2D eigenvalue weighted by Crippen LogP contribution is 2.37. The number of thioether (sulfide) groups is 1. The Bertz CT molecular complexity index is 500. The zero-order valence-corrected chi connectivity index (χ0v) is 9.91. The second-order valence-corrected chi connectivity index (χ2v) is 5.54. The van der Waals surface area contributed by atoms with Gasteiger partial charge in [0.15, 0.2) is 0 Å². The van der Waals surface area contributed by atoms with Crippen LogP contribution in [0.5, 0.6) is 0 Å². The molecule has 1 saturated heterocycles. The van der Waals surface area contributed by atoms with E-state index in [0.29, 0.717) is 5.25 Å². The summed E-state index contributed by atoms with van der Waals surface area (Å²) in [5, 5.41) is 0.540. The van der Waals surface area contributed by atoms with E-state index in [1.807, 2.05) is 36.3 Å². The summed E-state index contributed by atoms with van der Waals surface area (Å²) in [7, 11) is 0. The average molecular weight is 233 g/mol. The van der Waals surface area contributed by atoms with Gasteiger partial charge in [0.2, 0.25) is 0 Å². The van der Waals surface area contributed by atoms with Crippen molar-refractivity contribution in [2.45, 2.75) is 24.5 Å². The Morgan fingerprint density at radius 2 is 2.31 bits per heavy atom. The molecule has 3 nitrogen and oxygen atoms in total. The summed E-state index contributed by atoms with van der Waals surface area (Å²) in [6.45, 7) is 0. The summed E-state index contributed by atoms with van der Waals surface area (Å²) < 4.78 is 2.14. The van der Waals surface area contributed by atoms with Crippen LogP contribution in [0.15, 0.2) is 24.5 Å². The highest BCUT2D eigenvalue weighted by molar-refractivity contribution is 7.99. The van der Waals surface area contributed by atoms with Crippen LogP contribution in [0.2, 0.25) is 0 Å². The first-order valence-corrected chi connectivity index (χ1v) is 6.73. The van der Waals surface area contributed by atoms with E-state index in [4.69, 9.17) is 5.73 Å². The van der Waals surface area contributed by atoms with Crippen LogP contribution >= 0.6 is 11.8 Å². The predicted molar refractivity (Wildman–Crippen MR) is 68.7 cm³/mol. The maximum Gasteiger partial charge on any atom is 0.126 e. The second-order valence-electron chi connectivity index (χ2n) is 4.23. The van der Waals surface area contributed by atoms with Crippen molar-refractivity contribution in [3.05, 3.63) is 30.4 Å². The lowest BCUT2D eigenvalue weighted by atomic mass is 10.2. The lowest BCUT2D eigenvalue weighted by molar-refractivity contribution is 0.661. The number of nitrogens with zero attached hydrogens (tertiary/aromatic N) is 2. The predicted octanol–water partition coefficient (Wildman–Crippen LogP) is 2.87. The summed E-state index contributed by atoms with van der Waals surface area (Å²) in [5.41, 5.74) is 7.76. The minimum absolute atomic E-state index is 0.540. The fourth-order valence-electron chi connectivity index (χ4n) is 2.21. The van der Waals surface area contributed by atoms with E-state index in [2.05, 4.69) is 9.38 Å². The molecule has 2 aromatic heterocycles. The highest BCUT2D eigenvalue weighted by atomic mass is 32.2. The van der Waals surface area contributed by atoms with E-state index < -0.39 is 0 Å². The lowest BCUT2D eigenvalue weighted by Gasteiger charge is -2.20. The molecule has 1 unspecified atom stereocenters. The van der Waals surface area contributed by atoms with Crippen LogP contribution in [0.1, 0.15) is 30.3 Å². The van der Waals surface area contributed by atoms with Gasteiger partial charge in [0.25, 0.3) is 0 Å². The Morgan fingerprint density at radius 1 is 1.38 bits per heavy atom. The van der Waals surface area contributed by atoms with E-state index >= 15 is 0 Å². The van der Waals surface area contributed by atoms with Crippen LogP contribution in [0.3, 0.4) is 0 Å². The molecule has 3 heterocycles. The van der Waals surface area contributed by atoms with Crippen molar-refractivity contribution in [2.24, 2.45) is 0 Å². The van der Waals surface area contributed by atoms with Gasteiger partial charge in [-0.1, -0.05) is 6.42 Å². The van der Waals surface area contributed by atoms with Crippen LogP contribution < -0.4 is 5.73 Å². The first-order valence-electron chi connectivity index (χ1n) is 5.69. The third-order valence-electron chi connectivity index (χ3n) is 3.05. The minimum Gasteiger partial charge on any atom is -0.398 e. The smallest absolute Gasteiger partial charge is 0.126 e. The van der Waals surface area contributed by atoms with Crippen molar-refractivity contribution in [1.29, 1.82) is 0 Å². The van der Waals surface area contributed by atoms with Gasteiger partial charge in [0, 0.05) is 11.9 Å². The number of rotatable bonds is 1. The topological polar surface area (TPSA) is 43.3 Å². The van der Waals surface area contributed by atoms with Crippen LogP contribution in [-0.2, 0) is 0 Å². The molecule has 0 aliphatic carbocycles. The largest absolute Gasteiger partial charge is 0.398 e. The first kappa shape index (κ1) is 10.0. The maximum absolute atomic E-state index is 5.83. The fourth-order valence-corrected chi connectivity index (χ4v) is 3.52. The van der Waals surface area contributed by atoms with Crippen molar-refractivity contribution in [3.63, 3.8) is 0 Å². The monoisotopic (exact) mass is 233 g/mol.